The van der Waals surface area contributed by atoms with E-state index in [0.29, 0.717) is 0 Å². The topological polar surface area (TPSA) is 18.5 Å². The average Bonchev–Trinajstić information content (AvgIpc) is 2.81. The molecule has 2 atom stereocenters. The van der Waals surface area contributed by atoms with Crippen molar-refractivity contribution in [1.82, 2.24) is 15.1 Å². The SMILES string of the molecule is CNCCC1CN(C2CCCC2)C(C)CN1C. The van der Waals surface area contributed by atoms with Gasteiger partial charge in [0.2, 0.25) is 0 Å². The van der Waals surface area contributed by atoms with Gasteiger partial charge in [-0.3, -0.25) is 4.90 Å². The largest absolute Gasteiger partial charge is 0.320 e. The molecule has 3 heteroatoms. The highest BCUT2D eigenvalue weighted by Gasteiger charge is 2.34. The third-order valence-electron chi connectivity index (χ3n) is 4.68. The molecule has 0 aromatic carbocycles. The van der Waals surface area contributed by atoms with Crippen LogP contribution in [0.1, 0.15) is 39.0 Å². The standard InChI is InChI=1S/C14H29N3/c1-12-10-16(3)14(8-9-15-2)11-17(12)13-6-4-5-7-13/h12-15H,4-11H2,1-3H3. The van der Waals surface area contributed by atoms with E-state index in [9.17, 15) is 0 Å². The summed E-state index contributed by atoms with van der Waals surface area (Å²) >= 11 is 0. The van der Waals surface area contributed by atoms with Gasteiger partial charge in [0, 0.05) is 31.2 Å². The Balaban J connectivity index is 1.91. The van der Waals surface area contributed by atoms with Crippen LogP contribution >= 0.6 is 0 Å². The van der Waals surface area contributed by atoms with E-state index in [1.165, 1.54) is 45.2 Å². The summed E-state index contributed by atoms with van der Waals surface area (Å²) in [6, 6.07) is 2.38. The predicted molar refractivity (Wildman–Crippen MR) is 73.4 cm³/mol. The van der Waals surface area contributed by atoms with E-state index in [2.05, 4.69) is 36.1 Å². The molecule has 2 rings (SSSR count). The van der Waals surface area contributed by atoms with E-state index in [1.54, 1.807) is 0 Å². The van der Waals surface area contributed by atoms with E-state index in [-0.39, 0.29) is 0 Å². The van der Waals surface area contributed by atoms with Gasteiger partial charge in [0.15, 0.2) is 0 Å². The van der Waals surface area contributed by atoms with E-state index in [4.69, 9.17) is 0 Å². The Labute approximate surface area is 107 Å². The van der Waals surface area contributed by atoms with Crippen molar-refractivity contribution >= 4 is 0 Å². The molecule has 0 amide bonds. The molecule has 2 aliphatic rings. The van der Waals surface area contributed by atoms with Gasteiger partial charge in [-0.1, -0.05) is 12.8 Å². The zero-order valence-corrected chi connectivity index (χ0v) is 11.8. The third-order valence-corrected chi connectivity index (χ3v) is 4.68. The van der Waals surface area contributed by atoms with Crippen molar-refractivity contribution in [3.63, 3.8) is 0 Å². The van der Waals surface area contributed by atoms with Crippen LogP contribution in [-0.2, 0) is 0 Å². The Kier molecular flexibility index (Phi) is 4.83. The average molecular weight is 239 g/mol. The predicted octanol–water partition coefficient (Wildman–Crippen LogP) is 1.54. The quantitative estimate of drug-likeness (QED) is 0.803. The Morgan fingerprint density at radius 2 is 1.88 bits per heavy atom. The molecule has 2 fully saturated rings. The maximum absolute atomic E-state index is 3.29. The minimum Gasteiger partial charge on any atom is -0.320 e. The summed E-state index contributed by atoms with van der Waals surface area (Å²) in [7, 11) is 4.35. The summed E-state index contributed by atoms with van der Waals surface area (Å²) in [5.74, 6) is 0. The monoisotopic (exact) mass is 239 g/mol. The fourth-order valence-electron chi connectivity index (χ4n) is 3.60. The van der Waals surface area contributed by atoms with E-state index in [0.717, 1.165) is 24.7 Å². The van der Waals surface area contributed by atoms with E-state index >= 15 is 0 Å². The van der Waals surface area contributed by atoms with Crippen LogP contribution in [0.4, 0.5) is 0 Å². The number of hydrogen-bond acceptors (Lipinski definition) is 3. The van der Waals surface area contributed by atoms with Crippen molar-refractivity contribution in [3.05, 3.63) is 0 Å². The van der Waals surface area contributed by atoms with Gasteiger partial charge >= 0.3 is 0 Å². The maximum Gasteiger partial charge on any atom is 0.0233 e. The van der Waals surface area contributed by atoms with Crippen molar-refractivity contribution in [2.45, 2.75) is 57.2 Å². The van der Waals surface area contributed by atoms with Gasteiger partial charge in [-0.25, -0.2) is 0 Å². The zero-order valence-electron chi connectivity index (χ0n) is 11.8. The lowest BCUT2D eigenvalue weighted by Gasteiger charge is -2.46. The fraction of sp³-hybridized carbons (Fsp3) is 1.00. The molecule has 3 nitrogen and oxygen atoms in total. The highest BCUT2D eigenvalue weighted by atomic mass is 15.3. The molecule has 17 heavy (non-hydrogen) atoms. The second-order valence-electron chi connectivity index (χ2n) is 5.97. The molecule has 0 aromatic heterocycles. The van der Waals surface area contributed by atoms with Crippen molar-refractivity contribution in [3.8, 4) is 0 Å². The molecular formula is C14H29N3. The zero-order chi connectivity index (χ0) is 12.3. The molecule has 1 saturated heterocycles. The first-order valence-corrected chi connectivity index (χ1v) is 7.33. The number of nitrogens with one attached hydrogen (secondary N) is 1. The molecule has 100 valence electrons. The molecule has 1 aliphatic carbocycles. The highest BCUT2D eigenvalue weighted by Crippen LogP contribution is 2.28. The third kappa shape index (κ3) is 3.21. The lowest BCUT2D eigenvalue weighted by atomic mass is 10.0. The van der Waals surface area contributed by atoms with Crippen molar-refractivity contribution in [1.29, 1.82) is 0 Å². The first-order valence-electron chi connectivity index (χ1n) is 7.33. The van der Waals surface area contributed by atoms with Crippen LogP contribution in [0.5, 0.6) is 0 Å². The minimum absolute atomic E-state index is 0.744. The Bertz CT molecular complexity index is 226. The Morgan fingerprint density at radius 1 is 1.18 bits per heavy atom. The van der Waals surface area contributed by atoms with Gasteiger partial charge in [-0.15, -0.1) is 0 Å². The van der Waals surface area contributed by atoms with Crippen LogP contribution in [0.25, 0.3) is 0 Å². The number of likely N-dealkylation sites (N-methyl/N-ethyl adjacent to an activating group) is 1. The maximum atomic E-state index is 3.29. The summed E-state index contributed by atoms with van der Waals surface area (Å²) in [4.78, 5) is 5.36. The number of rotatable bonds is 4. The van der Waals surface area contributed by atoms with Gasteiger partial charge in [0.1, 0.15) is 0 Å². The molecule has 0 bridgehead atoms. The normalized spacial score (nSPS) is 33.4. The minimum atomic E-state index is 0.744. The van der Waals surface area contributed by atoms with Crippen molar-refractivity contribution in [2.24, 2.45) is 0 Å². The van der Waals surface area contributed by atoms with Crippen molar-refractivity contribution in [2.75, 3.05) is 33.7 Å². The number of piperazine rings is 1. The molecule has 0 spiro atoms. The summed E-state index contributed by atoms with van der Waals surface area (Å²) in [5.41, 5.74) is 0. The molecular weight excluding hydrogens is 210 g/mol. The summed E-state index contributed by atoms with van der Waals surface area (Å²) in [5, 5.41) is 3.29. The smallest absolute Gasteiger partial charge is 0.0233 e. The molecule has 0 radical (unpaired) electrons. The van der Waals surface area contributed by atoms with Crippen molar-refractivity contribution < 1.29 is 0 Å². The molecule has 1 heterocycles. The summed E-state index contributed by atoms with van der Waals surface area (Å²) in [6.07, 6.45) is 7.05. The van der Waals surface area contributed by atoms with E-state index < -0.39 is 0 Å². The summed E-state index contributed by atoms with van der Waals surface area (Å²) in [6.45, 7) is 6.07. The van der Waals surface area contributed by atoms with Crippen LogP contribution < -0.4 is 5.32 Å². The van der Waals surface area contributed by atoms with E-state index in [1.807, 2.05) is 0 Å². The molecule has 1 saturated carbocycles. The molecule has 2 unspecified atom stereocenters. The van der Waals surface area contributed by atoms with Gasteiger partial charge in [0.05, 0.1) is 0 Å². The Hall–Kier alpha value is -0.120. The number of nitrogens with zero attached hydrogens (tertiary/aromatic N) is 2. The first kappa shape index (κ1) is 13.3. The summed E-state index contributed by atoms with van der Waals surface area (Å²) < 4.78 is 0. The highest BCUT2D eigenvalue weighted by molar-refractivity contribution is 4.90. The second-order valence-corrected chi connectivity index (χ2v) is 5.97. The van der Waals surface area contributed by atoms with Gasteiger partial charge < -0.3 is 10.2 Å². The van der Waals surface area contributed by atoms with Crippen LogP contribution in [0.3, 0.4) is 0 Å². The molecule has 1 aliphatic heterocycles. The van der Waals surface area contributed by atoms with Gasteiger partial charge in [-0.05, 0) is 46.8 Å². The first-order chi connectivity index (χ1) is 8.22. The molecule has 0 aromatic rings. The van der Waals surface area contributed by atoms with Crippen LogP contribution in [0.15, 0.2) is 0 Å². The molecule has 1 N–H and O–H groups in total. The van der Waals surface area contributed by atoms with Gasteiger partial charge in [0.25, 0.3) is 0 Å². The van der Waals surface area contributed by atoms with Gasteiger partial charge in [-0.2, -0.15) is 0 Å². The number of hydrogen-bond donors (Lipinski definition) is 1. The van der Waals surface area contributed by atoms with Crippen LogP contribution in [0, 0.1) is 0 Å². The fourth-order valence-corrected chi connectivity index (χ4v) is 3.60. The lowest BCUT2D eigenvalue weighted by molar-refractivity contribution is 0.0210. The lowest BCUT2D eigenvalue weighted by Crippen LogP contribution is -2.58. The van der Waals surface area contributed by atoms with Crippen LogP contribution in [-0.4, -0.2) is 61.7 Å². The van der Waals surface area contributed by atoms with Crippen LogP contribution in [0.2, 0.25) is 0 Å². The second kappa shape index (κ2) is 6.17. The Morgan fingerprint density at radius 3 is 2.53 bits per heavy atom.